The molecule has 0 spiro atoms. The number of nitrogens with one attached hydrogen (secondary N) is 2. The Bertz CT molecular complexity index is 1670. The van der Waals surface area contributed by atoms with Crippen LogP contribution >= 0.6 is 23.1 Å². The smallest absolute Gasteiger partial charge is 0.251 e. The number of hydrogen-bond acceptors (Lipinski definition) is 11. The first kappa shape index (κ1) is 29.7. The molecule has 17 heteroatoms. The van der Waals surface area contributed by atoms with Crippen LogP contribution in [0.1, 0.15) is 21.2 Å². The minimum atomic E-state index is -3.69. The van der Waals surface area contributed by atoms with Gasteiger partial charge in [0.05, 0.1) is 30.4 Å². The molecule has 2 aromatic heterocycles. The molecule has 0 unspecified atom stereocenters. The third kappa shape index (κ3) is 6.99. The highest BCUT2D eigenvalue weighted by molar-refractivity contribution is 7.99. The Morgan fingerprint density at radius 2 is 1.74 bits per heavy atom. The second kappa shape index (κ2) is 13.0. The third-order valence-corrected chi connectivity index (χ3v) is 9.62. The minimum absolute atomic E-state index is 0.00990. The van der Waals surface area contributed by atoms with Gasteiger partial charge in [-0.3, -0.25) is 19.5 Å². The van der Waals surface area contributed by atoms with Crippen LogP contribution in [0.2, 0.25) is 0 Å². The van der Waals surface area contributed by atoms with Crippen LogP contribution in [0, 0.1) is 12.7 Å². The summed E-state index contributed by atoms with van der Waals surface area (Å²) in [4.78, 5) is 25.4. The fourth-order valence-corrected chi connectivity index (χ4v) is 6.75. The number of halogens is 1. The van der Waals surface area contributed by atoms with E-state index in [-0.39, 0.29) is 41.8 Å². The van der Waals surface area contributed by atoms with E-state index in [1.807, 2.05) is 0 Å². The number of carbonyl (C=O) groups is 2. The zero-order valence-electron chi connectivity index (χ0n) is 22.2. The largest absolute Gasteiger partial charge is 0.379 e. The van der Waals surface area contributed by atoms with E-state index < -0.39 is 21.7 Å². The van der Waals surface area contributed by atoms with E-state index in [1.54, 1.807) is 11.5 Å². The Morgan fingerprint density at radius 1 is 1.02 bits per heavy atom. The topological polar surface area (TPSA) is 161 Å². The maximum Gasteiger partial charge on any atom is 0.251 e. The highest BCUT2D eigenvalue weighted by atomic mass is 32.2. The first-order valence-corrected chi connectivity index (χ1v) is 15.8. The van der Waals surface area contributed by atoms with Crippen LogP contribution < -0.4 is 10.6 Å². The van der Waals surface area contributed by atoms with Crippen LogP contribution in [0.25, 0.3) is 5.69 Å². The SMILES string of the molecule is Cc1nnc(NC(=O)CSc2nnc(CNC(=O)c3ccc(S(=O)(=O)N4CCOCC4)cc3)n2-c2ccc(F)cc2)s1. The predicted molar refractivity (Wildman–Crippen MR) is 153 cm³/mol. The van der Waals surface area contributed by atoms with Gasteiger partial charge in [0, 0.05) is 24.3 Å². The Kier molecular flexibility index (Phi) is 9.22. The van der Waals surface area contributed by atoms with Crippen LogP contribution in [0.3, 0.4) is 0 Å². The lowest BCUT2D eigenvalue weighted by atomic mass is 10.2. The number of sulfonamides is 1. The van der Waals surface area contributed by atoms with Crippen LogP contribution in [0.4, 0.5) is 9.52 Å². The molecule has 0 bridgehead atoms. The molecule has 2 aromatic carbocycles. The van der Waals surface area contributed by atoms with Crippen molar-refractivity contribution >= 4 is 50.1 Å². The Morgan fingerprint density at radius 3 is 2.40 bits per heavy atom. The Labute approximate surface area is 248 Å². The quantitative estimate of drug-likeness (QED) is 0.248. The van der Waals surface area contributed by atoms with Crippen LogP contribution in [-0.2, 0) is 26.1 Å². The fourth-order valence-electron chi connectivity index (χ4n) is 3.97. The van der Waals surface area contributed by atoms with Gasteiger partial charge in [-0.2, -0.15) is 4.31 Å². The second-order valence-corrected chi connectivity index (χ2v) is 13.0. The molecule has 13 nitrogen and oxygen atoms in total. The Hall–Kier alpha value is -3.77. The van der Waals surface area contributed by atoms with Crippen molar-refractivity contribution in [3.8, 4) is 5.69 Å². The molecule has 1 aliphatic heterocycles. The van der Waals surface area contributed by atoms with Gasteiger partial charge in [-0.05, 0) is 55.5 Å². The van der Waals surface area contributed by atoms with Crippen LogP contribution in [0.15, 0.2) is 58.6 Å². The molecule has 2 N–H and O–H groups in total. The highest BCUT2D eigenvalue weighted by Gasteiger charge is 2.26. The molecule has 3 heterocycles. The zero-order valence-corrected chi connectivity index (χ0v) is 24.6. The molecule has 2 amide bonds. The van der Waals surface area contributed by atoms with Crippen molar-refractivity contribution in [2.24, 2.45) is 0 Å². The van der Waals surface area contributed by atoms with Crippen molar-refractivity contribution in [3.05, 3.63) is 70.7 Å². The number of morpholine rings is 1. The minimum Gasteiger partial charge on any atom is -0.379 e. The van der Waals surface area contributed by atoms with Crippen molar-refractivity contribution in [1.82, 2.24) is 34.6 Å². The number of thioether (sulfide) groups is 1. The molecular weight excluding hydrogens is 608 g/mol. The summed E-state index contributed by atoms with van der Waals surface area (Å²) in [7, 11) is -3.69. The summed E-state index contributed by atoms with van der Waals surface area (Å²) in [5.41, 5.74) is 0.785. The molecule has 220 valence electrons. The number of anilines is 1. The van der Waals surface area contributed by atoms with Gasteiger partial charge in [-0.15, -0.1) is 20.4 Å². The van der Waals surface area contributed by atoms with Crippen LogP contribution in [-0.4, -0.2) is 81.6 Å². The summed E-state index contributed by atoms with van der Waals surface area (Å²) in [6.07, 6.45) is 0. The maximum absolute atomic E-state index is 13.6. The predicted octanol–water partition coefficient (Wildman–Crippen LogP) is 2.25. The van der Waals surface area contributed by atoms with Gasteiger partial charge in [-0.1, -0.05) is 23.1 Å². The monoisotopic (exact) mass is 632 g/mol. The molecule has 1 aliphatic rings. The van der Waals surface area contributed by atoms with E-state index in [0.717, 1.165) is 16.8 Å². The molecule has 0 atom stereocenters. The lowest BCUT2D eigenvalue weighted by Gasteiger charge is -2.26. The Balaban J connectivity index is 1.27. The lowest BCUT2D eigenvalue weighted by Crippen LogP contribution is -2.40. The molecule has 5 rings (SSSR count). The van der Waals surface area contributed by atoms with Gasteiger partial charge >= 0.3 is 0 Å². The van der Waals surface area contributed by atoms with Crippen molar-refractivity contribution in [1.29, 1.82) is 0 Å². The maximum atomic E-state index is 13.6. The molecule has 0 saturated carbocycles. The average molecular weight is 633 g/mol. The van der Waals surface area contributed by atoms with Crippen molar-refractivity contribution in [2.45, 2.75) is 23.5 Å². The lowest BCUT2D eigenvalue weighted by molar-refractivity contribution is -0.113. The van der Waals surface area contributed by atoms with Crippen molar-refractivity contribution in [3.63, 3.8) is 0 Å². The van der Waals surface area contributed by atoms with Crippen molar-refractivity contribution < 1.29 is 27.1 Å². The number of amides is 2. The number of rotatable bonds is 10. The third-order valence-electron chi connectivity index (χ3n) is 6.02. The summed E-state index contributed by atoms with van der Waals surface area (Å²) >= 11 is 2.36. The van der Waals surface area contributed by atoms with Gasteiger partial charge < -0.3 is 10.1 Å². The van der Waals surface area contributed by atoms with Crippen LogP contribution in [0.5, 0.6) is 0 Å². The van der Waals surface area contributed by atoms with Gasteiger partial charge in [-0.25, -0.2) is 12.8 Å². The number of aromatic nitrogens is 5. The number of hydrogen-bond donors (Lipinski definition) is 2. The molecule has 0 radical (unpaired) electrons. The summed E-state index contributed by atoms with van der Waals surface area (Å²) in [6.45, 7) is 2.94. The highest BCUT2D eigenvalue weighted by Crippen LogP contribution is 2.24. The molecule has 4 aromatic rings. The van der Waals surface area contributed by atoms with E-state index in [1.165, 1.54) is 64.2 Å². The van der Waals surface area contributed by atoms with Gasteiger partial charge in [0.1, 0.15) is 10.8 Å². The van der Waals surface area contributed by atoms with Gasteiger partial charge in [0.15, 0.2) is 11.0 Å². The first-order valence-electron chi connectivity index (χ1n) is 12.6. The molecule has 1 saturated heterocycles. The second-order valence-electron chi connectivity index (χ2n) is 8.90. The van der Waals surface area contributed by atoms with E-state index >= 15 is 0 Å². The first-order chi connectivity index (χ1) is 20.2. The molecule has 0 aliphatic carbocycles. The number of benzene rings is 2. The number of ether oxygens (including phenoxy) is 1. The van der Waals surface area contributed by atoms with Gasteiger partial charge in [0.25, 0.3) is 5.91 Å². The van der Waals surface area contributed by atoms with E-state index in [0.29, 0.717) is 35.0 Å². The van der Waals surface area contributed by atoms with Crippen molar-refractivity contribution in [2.75, 3.05) is 37.4 Å². The normalized spacial score (nSPS) is 14.0. The van der Waals surface area contributed by atoms with E-state index in [4.69, 9.17) is 4.74 Å². The fraction of sp³-hybridized carbons (Fsp3) is 0.280. The standard InChI is InChI=1S/C25H25FN8O5S3/c1-16-29-31-24(41-16)28-22(35)15-40-25-32-30-21(34(25)19-6-4-18(26)5-7-19)14-27-23(36)17-2-8-20(9-3-17)42(37,38)33-10-12-39-13-11-33/h2-9H,10-15H2,1H3,(H,27,36)(H,28,31,35). The number of aryl methyl sites for hydroxylation is 1. The molecular formula is C25H25FN8O5S3. The molecule has 1 fully saturated rings. The summed E-state index contributed by atoms with van der Waals surface area (Å²) < 4.78 is 47.5. The van der Waals surface area contributed by atoms with Gasteiger partial charge in [0.2, 0.25) is 21.1 Å². The molecule has 42 heavy (non-hydrogen) atoms. The van der Waals surface area contributed by atoms with E-state index in [9.17, 15) is 22.4 Å². The summed E-state index contributed by atoms with van der Waals surface area (Å²) in [6, 6.07) is 11.3. The number of nitrogens with zero attached hydrogens (tertiary/aromatic N) is 6. The zero-order chi connectivity index (χ0) is 29.7. The average Bonchev–Trinajstić information content (AvgIpc) is 3.60. The van der Waals surface area contributed by atoms with E-state index in [2.05, 4.69) is 31.0 Å². The summed E-state index contributed by atoms with van der Waals surface area (Å²) in [5, 5.41) is 23.0. The number of carbonyl (C=O) groups excluding carboxylic acids is 2. The summed E-state index contributed by atoms with van der Waals surface area (Å²) in [5.74, 6) is -0.881.